The van der Waals surface area contributed by atoms with Gasteiger partial charge in [0.05, 0.1) is 46.5 Å². The average molecular weight is 488 g/mol. The summed E-state index contributed by atoms with van der Waals surface area (Å²) in [5.74, 6) is -0.0182. The lowest BCUT2D eigenvalue weighted by Gasteiger charge is -2.26. The van der Waals surface area contributed by atoms with Crippen LogP contribution in [-0.2, 0) is 21.8 Å². The fourth-order valence-corrected chi connectivity index (χ4v) is 5.43. The van der Waals surface area contributed by atoms with Crippen LogP contribution in [0.1, 0.15) is 35.6 Å². The van der Waals surface area contributed by atoms with Gasteiger partial charge < -0.3 is 14.8 Å². The van der Waals surface area contributed by atoms with Crippen LogP contribution in [0.3, 0.4) is 0 Å². The standard InChI is InChI=1S/C23H29N5O5S/c1-14(2)33-20-7-6-17(34(30,31)28-8-10-32-11-9-28)13-19(20)25-23(29)18-12-15(3)24-22-21(18)16(4)26-27(22)5/h6-7,12-14H,8-11H2,1-5H3,(H,25,29). The lowest BCUT2D eigenvalue weighted by Crippen LogP contribution is -2.40. The molecular formula is C23H29N5O5S. The fraction of sp³-hybridized carbons (Fsp3) is 0.435. The van der Waals surface area contributed by atoms with E-state index in [-0.39, 0.29) is 29.8 Å². The maximum Gasteiger partial charge on any atom is 0.256 e. The molecule has 34 heavy (non-hydrogen) atoms. The molecule has 1 aliphatic heterocycles. The highest BCUT2D eigenvalue weighted by Gasteiger charge is 2.28. The van der Waals surface area contributed by atoms with Crippen molar-refractivity contribution < 1.29 is 22.7 Å². The summed E-state index contributed by atoms with van der Waals surface area (Å²) in [4.78, 5) is 18.0. The van der Waals surface area contributed by atoms with Gasteiger partial charge in [0, 0.05) is 25.8 Å². The van der Waals surface area contributed by atoms with Crippen LogP contribution in [0.2, 0.25) is 0 Å². The van der Waals surface area contributed by atoms with Gasteiger partial charge in [0.15, 0.2) is 5.65 Å². The highest BCUT2D eigenvalue weighted by Crippen LogP contribution is 2.31. The predicted molar refractivity (Wildman–Crippen MR) is 128 cm³/mol. The molecule has 2 aromatic heterocycles. The molecule has 0 spiro atoms. The summed E-state index contributed by atoms with van der Waals surface area (Å²) in [5, 5.41) is 7.91. The van der Waals surface area contributed by atoms with Gasteiger partial charge >= 0.3 is 0 Å². The van der Waals surface area contributed by atoms with Gasteiger partial charge in [0.1, 0.15) is 5.75 Å². The number of aryl methyl sites for hydroxylation is 3. The summed E-state index contributed by atoms with van der Waals surface area (Å²) in [5.41, 5.74) is 2.63. The number of carbonyl (C=O) groups is 1. The smallest absolute Gasteiger partial charge is 0.256 e. The number of amides is 1. The fourth-order valence-electron chi connectivity index (χ4n) is 4.00. The molecule has 3 heterocycles. The number of rotatable bonds is 6. The molecule has 1 fully saturated rings. The number of anilines is 1. The minimum absolute atomic E-state index is 0.0782. The summed E-state index contributed by atoms with van der Waals surface area (Å²) in [6.45, 7) is 8.60. The minimum Gasteiger partial charge on any atom is -0.489 e. The quantitative estimate of drug-likeness (QED) is 0.568. The summed E-state index contributed by atoms with van der Waals surface area (Å²) in [6.07, 6.45) is -0.173. The first-order valence-corrected chi connectivity index (χ1v) is 12.5. The van der Waals surface area contributed by atoms with E-state index in [1.54, 1.807) is 30.8 Å². The van der Waals surface area contributed by atoms with Crippen molar-refractivity contribution in [2.45, 2.75) is 38.7 Å². The average Bonchev–Trinajstić information content (AvgIpc) is 3.07. The van der Waals surface area contributed by atoms with Crippen LogP contribution in [0.5, 0.6) is 5.75 Å². The molecular weight excluding hydrogens is 458 g/mol. The van der Waals surface area contributed by atoms with Gasteiger partial charge in [-0.2, -0.15) is 9.40 Å². The molecule has 0 radical (unpaired) electrons. The monoisotopic (exact) mass is 487 g/mol. The van der Waals surface area contributed by atoms with Crippen molar-refractivity contribution in [3.63, 3.8) is 0 Å². The normalized spacial score (nSPS) is 15.1. The van der Waals surface area contributed by atoms with E-state index >= 15 is 0 Å². The number of hydrogen-bond donors (Lipinski definition) is 1. The van der Waals surface area contributed by atoms with Crippen LogP contribution in [0.15, 0.2) is 29.2 Å². The molecule has 0 unspecified atom stereocenters. The number of hydrogen-bond acceptors (Lipinski definition) is 7. The highest BCUT2D eigenvalue weighted by molar-refractivity contribution is 7.89. The van der Waals surface area contributed by atoms with E-state index in [4.69, 9.17) is 9.47 Å². The summed E-state index contributed by atoms with van der Waals surface area (Å²) >= 11 is 0. The first-order valence-electron chi connectivity index (χ1n) is 11.1. The number of nitrogens with one attached hydrogen (secondary N) is 1. The first kappa shape index (κ1) is 24.1. The van der Waals surface area contributed by atoms with Gasteiger partial charge in [-0.05, 0) is 52.0 Å². The second-order valence-corrected chi connectivity index (χ2v) is 10.5. The molecule has 4 rings (SSSR count). The number of carbonyl (C=O) groups excluding carboxylic acids is 1. The van der Waals surface area contributed by atoms with Gasteiger partial charge in [-0.3, -0.25) is 9.48 Å². The number of pyridine rings is 1. The summed E-state index contributed by atoms with van der Waals surface area (Å²) in [7, 11) is -1.98. The number of nitrogens with zero attached hydrogens (tertiary/aromatic N) is 4. The van der Waals surface area contributed by atoms with E-state index < -0.39 is 15.9 Å². The number of morpholine rings is 1. The van der Waals surface area contributed by atoms with E-state index in [1.807, 2.05) is 20.8 Å². The summed E-state index contributed by atoms with van der Waals surface area (Å²) in [6, 6.07) is 6.22. The molecule has 0 saturated carbocycles. The molecule has 1 aromatic carbocycles. The van der Waals surface area contributed by atoms with E-state index in [9.17, 15) is 13.2 Å². The van der Waals surface area contributed by atoms with Crippen LogP contribution < -0.4 is 10.1 Å². The maximum absolute atomic E-state index is 13.4. The number of fused-ring (bicyclic) bond motifs is 1. The second kappa shape index (κ2) is 9.32. The molecule has 1 amide bonds. The molecule has 1 N–H and O–H groups in total. The molecule has 11 heteroatoms. The van der Waals surface area contributed by atoms with Crippen LogP contribution in [-0.4, -0.2) is 65.8 Å². The van der Waals surface area contributed by atoms with Gasteiger partial charge in [-0.15, -0.1) is 0 Å². The van der Waals surface area contributed by atoms with Crippen LogP contribution >= 0.6 is 0 Å². The Morgan fingerprint density at radius 3 is 2.56 bits per heavy atom. The van der Waals surface area contributed by atoms with Crippen molar-refractivity contribution in [3.8, 4) is 5.75 Å². The highest BCUT2D eigenvalue weighted by atomic mass is 32.2. The van der Waals surface area contributed by atoms with Crippen molar-refractivity contribution in [1.29, 1.82) is 0 Å². The molecule has 182 valence electrons. The van der Waals surface area contributed by atoms with Crippen molar-refractivity contribution in [2.75, 3.05) is 31.6 Å². The van der Waals surface area contributed by atoms with Gasteiger partial charge in [0.25, 0.3) is 5.91 Å². The SMILES string of the molecule is Cc1cc(C(=O)Nc2cc(S(=O)(=O)N3CCOCC3)ccc2OC(C)C)c2c(C)nn(C)c2n1. The zero-order valence-corrected chi connectivity index (χ0v) is 20.8. The summed E-state index contributed by atoms with van der Waals surface area (Å²) < 4.78 is 40.5. The predicted octanol–water partition coefficient (Wildman–Crippen LogP) is 2.65. The molecule has 1 aliphatic rings. The third kappa shape index (κ3) is 4.63. The third-order valence-electron chi connectivity index (χ3n) is 5.51. The Morgan fingerprint density at radius 2 is 1.88 bits per heavy atom. The topological polar surface area (TPSA) is 116 Å². The molecule has 0 bridgehead atoms. The van der Waals surface area contributed by atoms with Crippen molar-refractivity contribution in [3.05, 3.63) is 41.2 Å². The Bertz CT molecular complexity index is 1340. The second-order valence-electron chi connectivity index (χ2n) is 8.51. The van der Waals surface area contributed by atoms with Gasteiger partial charge in [0.2, 0.25) is 10.0 Å². The first-order chi connectivity index (χ1) is 16.1. The molecule has 1 saturated heterocycles. The number of aromatic nitrogens is 3. The largest absolute Gasteiger partial charge is 0.489 e. The van der Waals surface area contributed by atoms with Crippen molar-refractivity contribution in [1.82, 2.24) is 19.1 Å². The Hall–Kier alpha value is -3.02. The van der Waals surface area contributed by atoms with Crippen molar-refractivity contribution in [2.24, 2.45) is 7.05 Å². The Labute approximate surface area is 198 Å². The number of benzene rings is 1. The van der Waals surface area contributed by atoms with Crippen LogP contribution in [0, 0.1) is 13.8 Å². The van der Waals surface area contributed by atoms with Crippen molar-refractivity contribution >= 4 is 32.7 Å². The maximum atomic E-state index is 13.4. The Morgan fingerprint density at radius 1 is 1.18 bits per heavy atom. The van der Waals surface area contributed by atoms with E-state index in [0.29, 0.717) is 46.9 Å². The zero-order valence-electron chi connectivity index (χ0n) is 20.0. The number of ether oxygens (including phenoxy) is 2. The minimum atomic E-state index is -3.75. The zero-order chi connectivity index (χ0) is 24.6. The number of sulfonamides is 1. The van der Waals surface area contributed by atoms with E-state index in [0.717, 1.165) is 0 Å². The van der Waals surface area contributed by atoms with E-state index in [1.165, 1.54) is 16.4 Å². The van der Waals surface area contributed by atoms with Crippen LogP contribution in [0.4, 0.5) is 5.69 Å². The van der Waals surface area contributed by atoms with Gasteiger partial charge in [-0.1, -0.05) is 0 Å². The van der Waals surface area contributed by atoms with Gasteiger partial charge in [-0.25, -0.2) is 13.4 Å². The molecule has 0 aliphatic carbocycles. The lowest BCUT2D eigenvalue weighted by molar-refractivity contribution is 0.0730. The van der Waals surface area contributed by atoms with E-state index in [2.05, 4.69) is 15.4 Å². The third-order valence-corrected chi connectivity index (χ3v) is 7.41. The molecule has 10 nitrogen and oxygen atoms in total. The molecule has 0 atom stereocenters. The lowest BCUT2D eigenvalue weighted by atomic mass is 10.1. The molecule has 3 aromatic rings. The Kier molecular flexibility index (Phi) is 6.61. The Balaban J connectivity index is 1.75. The van der Waals surface area contributed by atoms with Crippen LogP contribution in [0.25, 0.3) is 11.0 Å².